The summed E-state index contributed by atoms with van der Waals surface area (Å²) in [6.45, 7) is 6.03. The lowest BCUT2D eigenvalue weighted by Crippen LogP contribution is -2.36. The number of methoxy groups -OCH3 is 2. The molecular formula is C16H27NO3. The fourth-order valence-electron chi connectivity index (χ4n) is 2.24. The van der Waals surface area contributed by atoms with Gasteiger partial charge in [0.1, 0.15) is 0 Å². The molecule has 4 nitrogen and oxygen atoms in total. The summed E-state index contributed by atoms with van der Waals surface area (Å²) in [7, 11) is 3.27. The minimum Gasteiger partial charge on any atom is -0.493 e. The summed E-state index contributed by atoms with van der Waals surface area (Å²) in [6.07, 6.45) is 1.94. The highest BCUT2D eigenvalue weighted by atomic mass is 16.5. The Kier molecular flexibility index (Phi) is 6.82. The van der Waals surface area contributed by atoms with Gasteiger partial charge in [-0.15, -0.1) is 0 Å². The second-order valence-corrected chi connectivity index (χ2v) is 5.16. The van der Waals surface area contributed by atoms with Gasteiger partial charge >= 0.3 is 0 Å². The van der Waals surface area contributed by atoms with Crippen LogP contribution >= 0.6 is 0 Å². The van der Waals surface area contributed by atoms with Crippen molar-refractivity contribution in [3.8, 4) is 11.5 Å². The van der Waals surface area contributed by atoms with Crippen LogP contribution in [0.2, 0.25) is 0 Å². The zero-order valence-corrected chi connectivity index (χ0v) is 13.0. The second kappa shape index (κ2) is 8.12. The maximum atomic E-state index is 9.55. The third kappa shape index (κ3) is 4.12. The van der Waals surface area contributed by atoms with Crippen LogP contribution in [0.25, 0.3) is 0 Å². The second-order valence-electron chi connectivity index (χ2n) is 5.16. The van der Waals surface area contributed by atoms with E-state index >= 15 is 0 Å². The van der Waals surface area contributed by atoms with Gasteiger partial charge in [-0.1, -0.05) is 19.9 Å². The van der Waals surface area contributed by atoms with E-state index < -0.39 is 0 Å². The molecule has 0 unspecified atom stereocenters. The Labute approximate surface area is 122 Å². The number of rotatable bonds is 9. The molecule has 0 heterocycles. The highest BCUT2D eigenvalue weighted by Crippen LogP contribution is 2.28. The molecular weight excluding hydrogens is 254 g/mol. The van der Waals surface area contributed by atoms with Gasteiger partial charge in [-0.25, -0.2) is 0 Å². The van der Waals surface area contributed by atoms with Crippen molar-refractivity contribution in [1.29, 1.82) is 0 Å². The van der Waals surface area contributed by atoms with E-state index in [0.717, 1.165) is 43.0 Å². The van der Waals surface area contributed by atoms with Gasteiger partial charge in [-0.05, 0) is 30.5 Å². The van der Waals surface area contributed by atoms with Crippen molar-refractivity contribution in [2.45, 2.75) is 33.2 Å². The maximum absolute atomic E-state index is 9.55. The minimum atomic E-state index is -0.0173. The molecule has 0 aliphatic rings. The zero-order valence-electron chi connectivity index (χ0n) is 13.0. The third-order valence-corrected chi connectivity index (χ3v) is 4.11. The predicted molar refractivity (Wildman–Crippen MR) is 81.4 cm³/mol. The molecule has 2 N–H and O–H groups in total. The van der Waals surface area contributed by atoms with Crippen LogP contribution in [-0.4, -0.2) is 32.5 Å². The first kappa shape index (κ1) is 16.8. The molecule has 114 valence electrons. The van der Waals surface area contributed by atoms with Crippen LogP contribution in [0.3, 0.4) is 0 Å². The van der Waals surface area contributed by atoms with Crippen molar-refractivity contribution in [2.24, 2.45) is 5.41 Å². The minimum absolute atomic E-state index is 0.0173. The molecule has 0 atom stereocenters. The largest absolute Gasteiger partial charge is 0.493 e. The number of aliphatic hydroxyl groups excluding tert-OH is 1. The molecule has 0 aliphatic heterocycles. The fraction of sp³-hybridized carbons (Fsp3) is 0.625. The average Bonchev–Trinajstić information content (AvgIpc) is 2.51. The van der Waals surface area contributed by atoms with Crippen molar-refractivity contribution >= 4 is 0 Å². The first-order valence-electron chi connectivity index (χ1n) is 7.17. The Morgan fingerprint density at radius 3 is 2.25 bits per heavy atom. The van der Waals surface area contributed by atoms with Crippen LogP contribution in [0.1, 0.15) is 32.3 Å². The summed E-state index contributed by atoms with van der Waals surface area (Å²) in [6, 6.07) is 5.91. The van der Waals surface area contributed by atoms with Crippen molar-refractivity contribution < 1.29 is 14.6 Å². The maximum Gasteiger partial charge on any atom is 0.161 e. The van der Waals surface area contributed by atoms with E-state index in [0.29, 0.717) is 0 Å². The molecule has 0 radical (unpaired) electrons. The summed E-state index contributed by atoms with van der Waals surface area (Å²) < 4.78 is 10.5. The SMILES string of the molecule is CCC(CC)(CO)CNCc1ccc(OC)c(OC)c1. The van der Waals surface area contributed by atoms with Gasteiger partial charge in [0.05, 0.1) is 14.2 Å². The van der Waals surface area contributed by atoms with Crippen molar-refractivity contribution in [3.05, 3.63) is 23.8 Å². The summed E-state index contributed by atoms with van der Waals surface area (Å²) in [5.41, 5.74) is 1.12. The first-order valence-corrected chi connectivity index (χ1v) is 7.17. The van der Waals surface area contributed by atoms with Crippen molar-refractivity contribution in [3.63, 3.8) is 0 Å². The molecule has 1 aromatic carbocycles. The van der Waals surface area contributed by atoms with E-state index in [9.17, 15) is 5.11 Å². The molecule has 0 bridgehead atoms. The third-order valence-electron chi connectivity index (χ3n) is 4.11. The quantitative estimate of drug-likeness (QED) is 0.730. The standard InChI is InChI=1S/C16H27NO3/c1-5-16(6-2,12-18)11-17-10-13-7-8-14(19-3)15(9-13)20-4/h7-9,17-18H,5-6,10-12H2,1-4H3. The van der Waals surface area contributed by atoms with Gasteiger partial charge in [-0.3, -0.25) is 0 Å². The number of ether oxygens (including phenoxy) is 2. The molecule has 0 fully saturated rings. The summed E-state index contributed by atoms with van der Waals surface area (Å²) >= 11 is 0. The lowest BCUT2D eigenvalue weighted by atomic mass is 9.83. The molecule has 4 heteroatoms. The molecule has 0 amide bonds. The fourth-order valence-corrected chi connectivity index (χ4v) is 2.24. The normalized spacial score (nSPS) is 11.4. The Hall–Kier alpha value is -1.26. The molecule has 0 saturated heterocycles. The van der Waals surface area contributed by atoms with E-state index in [1.54, 1.807) is 14.2 Å². The van der Waals surface area contributed by atoms with E-state index in [2.05, 4.69) is 19.2 Å². The zero-order chi connectivity index (χ0) is 15.0. The van der Waals surface area contributed by atoms with E-state index in [-0.39, 0.29) is 12.0 Å². The number of hydrogen-bond acceptors (Lipinski definition) is 4. The van der Waals surface area contributed by atoms with Crippen LogP contribution < -0.4 is 14.8 Å². The van der Waals surface area contributed by atoms with E-state index in [1.807, 2.05) is 18.2 Å². The molecule has 0 saturated carbocycles. The average molecular weight is 281 g/mol. The van der Waals surface area contributed by atoms with E-state index in [4.69, 9.17) is 9.47 Å². The van der Waals surface area contributed by atoms with Gasteiger partial charge in [0.15, 0.2) is 11.5 Å². The molecule has 20 heavy (non-hydrogen) atoms. The number of nitrogens with one attached hydrogen (secondary N) is 1. The van der Waals surface area contributed by atoms with Gasteiger partial charge in [-0.2, -0.15) is 0 Å². The molecule has 0 aliphatic carbocycles. The molecule has 1 rings (SSSR count). The summed E-state index contributed by atoms with van der Waals surface area (Å²) in [5.74, 6) is 1.48. The van der Waals surface area contributed by atoms with Crippen molar-refractivity contribution in [2.75, 3.05) is 27.4 Å². The summed E-state index contributed by atoms with van der Waals surface area (Å²) in [4.78, 5) is 0. The summed E-state index contributed by atoms with van der Waals surface area (Å²) in [5, 5.41) is 13.0. The predicted octanol–water partition coefficient (Wildman–Crippen LogP) is 2.59. The smallest absolute Gasteiger partial charge is 0.161 e. The number of benzene rings is 1. The number of hydrogen-bond donors (Lipinski definition) is 2. The van der Waals surface area contributed by atoms with Crippen LogP contribution in [-0.2, 0) is 6.54 Å². The van der Waals surface area contributed by atoms with Gasteiger partial charge in [0.25, 0.3) is 0 Å². The van der Waals surface area contributed by atoms with Crippen molar-refractivity contribution in [1.82, 2.24) is 5.32 Å². The highest BCUT2D eigenvalue weighted by molar-refractivity contribution is 5.42. The van der Waals surface area contributed by atoms with Crippen LogP contribution in [0.4, 0.5) is 0 Å². The Morgan fingerprint density at radius 2 is 1.75 bits per heavy atom. The van der Waals surface area contributed by atoms with Crippen LogP contribution in [0.5, 0.6) is 11.5 Å². The van der Waals surface area contributed by atoms with Gasteiger partial charge in [0, 0.05) is 25.1 Å². The molecule has 0 spiro atoms. The van der Waals surface area contributed by atoms with Crippen LogP contribution in [0, 0.1) is 5.41 Å². The number of aliphatic hydroxyl groups is 1. The molecule has 1 aromatic rings. The van der Waals surface area contributed by atoms with E-state index in [1.165, 1.54) is 0 Å². The highest BCUT2D eigenvalue weighted by Gasteiger charge is 2.24. The lowest BCUT2D eigenvalue weighted by Gasteiger charge is -2.29. The van der Waals surface area contributed by atoms with Crippen LogP contribution in [0.15, 0.2) is 18.2 Å². The Balaban J connectivity index is 2.62. The monoisotopic (exact) mass is 281 g/mol. The first-order chi connectivity index (χ1) is 9.64. The lowest BCUT2D eigenvalue weighted by molar-refractivity contribution is 0.113. The topological polar surface area (TPSA) is 50.7 Å². The van der Waals surface area contributed by atoms with Gasteiger partial charge in [0.2, 0.25) is 0 Å². The van der Waals surface area contributed by atoms with Gasteiger partial charge < -0.3 is 19.9 Å². The Morgan fingerprint density at radius 1 is 1.10 bits per heavy atom. The Bertz CT molecular complexity index is 394. The molecule has 0 aromatic heterocycles.